The van der Waals surface area contributed by atoms with Crippen LogP contribution in [0.1, 0.15) is 25.3 Å². The molecule has 2 atom stereocenters. The Morgan fingerprint density at radius 2 is 1.19 bits per heavy atom. The monoisotopic (exact) mass is 292 g/mol. The molecule has 0 saturated carbocycles. The van der Waals surface area contributed by atoms with Gasteiger partial charge in [-0.2, -0.15) is 0 Å². The number of carbonyl (C=O) groups excluding carboxylic acids is 2. The summed E-state index contributed by atoms with van der Waals surface area (Å²) in [5.41, 5.74) is 0.336. The van der Waals surface area contributed by atoms with Crippen molar-refractivity contribution in [3.05, 3.63) is 35.9 Å². The second kappa shape index (κ2) is 6.78. The number of hydrogen-bond donors (Lipinski definition) is 2. The van der Waals surface area contributed by atoms with Crippen molar-refractivity contribution in [3.63, 3.8) is 0 Å². The van der Waals surface area contributed by atoms with Gasteiger partial charge in [0.15, 0.2) is 0 Å². The summed E-state index contributed by atoms with van der Waals surface area (Å²) in [4.78, 5) is 46.1. The number of carboxylic acids is 2. The zero-order chi connectivity index (χ0) is 16.2. The van der Waals surface area contributed by atoms with Crippen molar-refractivity contribution in [2.24, 2.45) is 11.8 Å². The Balaban J connectivity index is 3.48. The van der Waals surface area contributed by atoms with Crippen LogP contribution in [-0.2, 0) is 19.2 Å². The molecule has 0 aromatic heterocycles. The van der Waals surface area contributed by atoms with Crippen LogP contribution in [0.25, 0.3) is 0 Å². The average molecular weight is 292 g/mol. The molecule has 0 aliphatic rings. The summed E-state index contributed by atoms with van der Waals surface area (Å²) >= 11 is 0. The number of aliphatic carboxylic acids is 2. The standard InChI is InChI=1S/C15H16O6/c1-8(16)11(14(18)19)13(10-6-4-3-5-7-10)12(9(2)17)15(20)21/h3-7,11-13H,1-2H3,(H,18,19)(H,20,21). The molecular formula is C15H16O6. The Morgan fingerprint density at radius 1 is 0.810 bits per heavy atom. The van der Waals surface area contributed by atoms with Crippen molar-refractivity contribution in [1.29, 1.82) is 0 Å². The zero-order valence-electron chi connectivity index (χ0n) is 11.6. The van der Waals surface area contributed by atoms with E-state index in [9.17, 15) is 29.4 Å². The Hall–Kier alpha value is -2.50. The predicted molar refractivity (Wildman–Crippen MR) is 72.8 cm³/mol. The van der Waals surface area contributed by atoms with E-state index in [1.165, 1.54) is 12.1 Å². The summed E-state index contributed by atoms with van der Waals surface area (Å²) in [6.07, 6.45) is 0. The molecule has 6 nitrogen and oxygen atoms in total. The fraction of sp³-hybridized carbons (Fsp3) is 0.333. The molecule has 0 aliphatic carbocycles. The lowest BCUT2D eigenvalue weighted by molar-refractivity contribution is -0.151. The molecular weight excluding hydrogens is 276 g/mol. The van der Waals surface area contributed by atoms with Crippen LogP contribution in [0.4, 0.5) is 0 Å². The lowest BCUT2D eigenvalue weighted by Gasteiger charge is -2.26. The summed E-state index contributed by atoms with van der Waals surface area (Å²) in [5.74, 6) is -8.67. The molecule has 0 amide bonds. The Bertz CT molecular complexity index is 503. The van der Waals surface area contributed by atoms with Crippen LogP contribution < -0.4 is 0 Å². The Labute approximate surface area is 121 Å². The first kappa shape index (κ1) is 16.6. The highest BCUT2D eigenvalue weighted by molar-refractivity contribution is 6.03. The maximum absolute atomic E-state index is 11.7. The first-order valence-electron chi connectivity index (χ1n) is 6.28. The number of Topliss-reactive ketones (excluding diaryl/α,β-unsaturated/α-hetero) is 2. The SMILES string of the molecule is CC(=O)C(C(=O)O)C(c1ccccc1)C(C(C)=O)C(=O)O. The minimum Gasteiger partial charge on any atom is -0.481 e. The first-order chi connectivity index (χ1) is 9.77. The van der Waals surface area contributed by atoms with Gasteiger partial charge in [0.05, 0.1) is 0 Å². The van der Waals surface area contributed by atoms with Crippen molar-refractivity contribution < 1.29 is 29.4 Å². The lowest BCUT2D eigenvalue weighted by Crippen LogP contribution is -2.39. The Kier molecular flexibility index (Phi) is 5.35. The molecule has 21 heavy (non-hydrogen) atoms. The van der Waals surface area contributed by atoms with E-state index in [1.54, 1.807) is 18.2 Å². The maximum Gasteiger partial charge on any atom is 0.314 e. The average Bonchev–Trinajstić information content (AvgIpc) is 2.37. The van der Waals surface area contributed by atoms with Crippen LogP contribution in [0.5, 0.6) is 0 Å². The molecule has 1 aromatic rings. The van der Waals surface area contributed by atoms with E-state index in [0.717, 1.165) is 13.8 Å². The molecule has 1 aromatic carbocycles. The smallest absolute Gasteiger partial charge is 0.314 e. The van der Waals surface area contributed by atoms with E-state index in [-0.39, 0.29) is 0 Å². The lowest BCUT2D eigenvalue weighted by atomic mass is 9.73. The van der Waals surface area contributed by atoms with Gasteiger partial charge in [0.1, 0.15) is 23.4 Å². The highest BCUT2D eigenvalue weighted by Gasteiger charge is 2.43. The van der Waals surface area contributed by atoms with Crippen molar-refractivity contribution >= 4 is 23.5 Å². The third-order valence-corrected chi connectivity index (χ3v) is 3.31. The predicted octanol–water partition coefficient (Wildman–Crippen LogP) is 1.35. The maximum atomic E-state index is 11.7. The quantitative estimate of drug-likeness (QED) is 0.734. The third-order valence-electron chi connectivity index (χ3n) is 3.31. The van der Waals surface area contributed by atoms with E-state index in [0.29, 0.717) is 5.56 Å². The van der Waals surface area contributed by atoms with E-state index < -0.39 is 41.3 Å². The summed E-state index contributed by atoms with van der Waals surface area (Å²) in [6, 6.07) is 7.90. The van der Waals surface area contributed by atoms with Crippen LogP contribution in [0, 0.1) is 11.8 Å². The largest absolute Gasteiger partial charge is 0.481 e. The van der Waals surface area contributed by atoms with Gasteiger partial charge in [0, 0.05) is 5.92 Å². The second-order valence-electron chi connectivity index (χ2n) is 4.79. The molecule has 1 rings (SSSR count). The van der Waals surface area contributed by atoms with Gasteiger partial charge in [-0.25, -0.2) is 0 Å². The minimum atomic E-state index is -1.59. The molecule has 6 heteroatoms. The van der Waals surface area contributed by atoms with Gasteiger partial charge in [-0.1, -0.05) is 30.3 Å². The van der Waals surface area contributed by atoms with Gasteiger partial charge in [-0.15, -0.1) is 0 Å². The minimum absolute atomic E-state index is 0.336. The molecule has 0 saturated heterocycles. The van der Waals surface area contributed by atoms with Crippen molar-refractivity contribution in [2.45, 2.75) is 19.8 Å². The van der Waals surface area contributed by atoms with E-state index in [4.69, 9.17) is 0 Å². The van der Waals surface area contributed by atoms with Gasteiger partial charge >= 0.3 is 11.9 Å². The number of carbonyl (C=O) groups is 4. The highest BCUT2D eigenvalue weighted by atomic mass is 16.4. The summed E-state index contributed by atoms with van der Waals surface area (Å²) < 4.78 is 0. The first-order valence-corrected chi connectivity index (χ1v) is 6.28. The second-order valence-corrected chi connectivity index (χ2v) is 4.79. The van der Waals surface area contributed by atoms with E-state index in [2.05, 4.69) is 0 Å². The number of carboxylic acid groups (broad SMARTS) is 2. The molecule has 2 unspecified atom stereocenters. The van der Waals surface area contributed by atoms with Gasteiger partial charge < -0.3 is 10.2 Å². The van der Waals surface area contributed by atoms with Crippen molar-refractivity contribution in [2.75, 3.05) is 0 Å². The van der Waals surface area contributed by atoms with Crippen LogP contribution in [0.3, 0.4) is 0 Å². The van der Waals surface area contributed by atoms with E-state index in [1.807, 2.05) is 0 Å². The van der Waals surface area contributed by atoms with Crippen LogP contribution in [0.15, 0.2) is 30.3 Å². The normalized spacial score (nSPS) is 14.8. The number of benzene rings is 1. The molecule has 0 spiro atoms. The molecule has 0 heterocycles. The van der Waals surface area contributed by atoms with Crippen molar-refractivity contribution in [3.8, 4) is 0 Å². The van der Waals surface area contributed by atoms with Crippen LogP contribution >= 0.6 is 0 Å². The van der Waals surface area contributed by atoms with Gasteiger partial charge in [-0.05, 0) is 19.4 Å². The molecule has 2 N–H and O–H groups in total. The van der Waals surface area contributed by atoms with Gasteiger partial charge in [-0.3, -0.25) is 19.2 Å². The summed E-state index contributed by atoms with van der Waals surface area (Å²) in [7, 11) is 0. The van der Waals surface area contributed by atoms with Gasteiger partial charge in [0.25, 0.3) is 0 Å². The fourth-order valence-electron chi connectivity index (χ4n) is 2.41. The van der Waals surface area contributed by atoms with Crippen LogP contribution in [0.2, 0.25) is 0 Å². The molecule has 0 radical (unpaired) electrons. The van der Waals surface area contributed by atoms with Crippen molar-refractivity contribution in [1.82, 2.24) is 0 Å². The van der Waals surface area contributed by atoms with E-state index >= 15 is 0 Å². The highest BCUT2D eigenvalue weighted by Crippen LogP contribution is 2.34. The third kappa shape index (κ3) is 3.75. The molecule has 0 bridgehead atoms. The van der Waals surface area contributed by atoms with Crippen LogP contribution in [-0.4, -0.2) is 33.7 Å². The number of rotatable bonds is 7. The fourth-order valence-corrected chi connectivity index (χ4v) is 2.41. The molecule has 112 valence electrons. The number of hydrogen-bond acceptors (Lipinski definition) is 4. The Morgan fingerprint density at radius 3 is 1.48 bits per heavy atom. The topological polar surface area (TPSA) is 109 Å². The summed E-state index contributed by atoms with van der Waals surface area (Å²) in [6.45, 7) is 2.15. The zero-order valence-corrected chi connectivity index (χ0v) is 11.6. The van der Waals surface area contributed by atoms with Gasteiger partial charge in [0.2, 0.25) is 0 Å². The molecule has 0 aliphatic heterocycles. The molecule has 0 fully saturated rings. The summed E-state index contributed by atoms with van der Waals surface area (Å²) in [5, 5.41) is 18.5. The number of ketones is 2.